The topological polar surface area (TPSA) is 49.3 Å². The molecule has 0 aliphatic rings. The normalized spacial score (nSPS) is 9.50. The van der Waals surface area contributed by atoms with E-state index in [1.165, 1.54) is 6.07 Å². The van der Waals surface area contributed by atoms with Gasteiger partial charge in [0.05, 0.1) is 9.50 Å². The lowest BCUT2D eigenvalue weighted by molar-refractivity contribution is -0.105. The summed E-state index contributed by atoms with van der Waals surface area (Å²) in [6, 6.07) is 3.01. The highest BCUT2D eigenvalue weighted by atomic mass is 79.9. The van der Waals surface area contributed by atoms with Crippen molar-refractivity contribution in [3.05, 3.63) is 21.6 Å². The molecule has 1 aromatic carbocycles. The third-order valence-electron chi connectivity index (χ3n) is 1.24. The summed E-state index contributed by atoms with van der Waals surface area (Å²) in [7, 11) is 0. The van der Waals surface area contributed by atoms with E-state index >= 15 is 0 Å². The second-order valence-corrected chi connectivity index (χ2v) is 3.31. The Morgan fingerprint density at radius 3 is 2.75 bits per heavy atom. The molecule has 3 nitrogen and oxygen atoms in total. The van der Waals surface area contributed by atoms with Crippen LogP contribution in [0.15, 0.2) is 16.6 Å². The monoisotopic (exact) mass is 249 g/mol. The van der Waals surface area contributed by atoms with Crippen LogP contribution in [0.2, 0.25) is 5.02 Å². The maximum Gasteiger partial charge on any atom is 0.211 e. The van der Waals surface area contributed by atoms with Crippen molar-refractivity contribution in [1.29, 1.82) is 0 Å². The summed E-state index contributed by atoms with van der Waals surface area (Å²) in [6.07, 6.45) is 0.537. The minimum atomic E-state index is -0.0342. The fraction of sp³-hybridized carbons (Fsp3) is 0. The lowest BCUT2D eigenvalue weighted by Gasteiger charge is -2.03. The van der Waals surface area contributed by atoms with Gasteiger partial charge in [-0.05, 0) is 28.1 Å². The fourth-order valence-electron chi connectivity index (χ4n) is 0.717. The van der Waals surface area contributed by atoms with Gasteiger partial charge in [-0.2, -0.15) is 0 Å². The van der Waals surface area contributed by atoms with Crippen molar-refractivity contribution in [2.75, 3.05) is 5.32 Å². The molecule has 0 aliphatic carbocycles. The molecular weight excluding hydrogens is 245 g/mol. The predicted molar refractivity (Wildman–Crippen MR) is 50.5 cm³/mol. The number of benzene rings is 1. The van der Waals surface area contributed by atoms with Gasteiger partial charge in [0.1, 0.15) is 5.75 Å². The van der Waals surface area contributed by atoms with Crippen molar-refractivity contribution in [3.8, 4) is 5.75 Å². The van der Waals surface area contributed by atoms with Crippen LogP contribution in [0, 0.1) is 0 Å². The van der Waals surface area contributed by atoms with Crippen LogP contribution in [0.4, 0.5) is 5.69 Å². The maximum absolute atomic E-state index is 10.0. The molecule has 0 heterocycles. The SMILES string of the molecule is O=CNc1cc(Cl)c(O)c(Br)c1. The Morgan fingerprint density at radius 1 is 1.58 bits per heavy atom. The second-order valence-electron chi connectivity index (χ2n) is 2.05. The summed E-state index contributed by atoms with van der Waals surface area (Å²) in [5.74, 6) is -0.0342. The molecule has 0 spiro atoms. The molecular formula is C7H5BrClNO2. The average molecular weight is 250 g/mol. The fourth-order valence-corrected chi connectivity index (χ4v) is 1.51. The van der Waals surface area contributed by atoms with Crippen LogP contribution in [0.3, 0.4) is 0 Å². The molecule has 0 saturated heterocycles. The first-order chi connectivity index (χ1) is 5.65. The minimum absolute atomic E-state index is 0.0342. The number of carbonyl (C=O) groups is 1. The first kappa shape index (κ1) is 9.35. The van der Waals surface area contributed by atoms with Crippen molar-refractivity contribution in [3.63, 3.8) is 0 Å². The third kappa shape index (κ3) is 1.89. The van der Waals surface area contributed by atoms with E-state index < -0.39 is 0 Å². The number of nitrogens with one attached hydrogen (secondary N) is 1. The Balaban J connectivity index is 3.11. The number of aromatic hydroxyl groups is 1. The molecule has 0 atom stereocenters. The molecule has 5 heteroatoms. The van der Waals surface area contributed by atoms with Gasteiger partial charge in [0, 0.05) is 5.69 Å². The molecule has 0 radical (unpaired) electrons. The van der Waals surface area contributed by atoms with Gasteiger partial charge in [-0.1, -0.05) is 11.6 Å². The molecule has 0 bridgehead atoms. The summed E-state index contributed by atoms with van der Waals surface area (Å²) in [6.45, 7) is 0. The van der Waals surface area contributed by atoms with Crippen LogP contribution in [0.25, 0.3) is 0 Å². The van der Waals surface area contributed by atoms with Crippen molar-refractivity contribution in [2.45, 2.75) is 0 Å². The minimum Gasteiger partial charge on any atom is -0.505 e. The molecule has 1 rings (SSSR count). The van der Waals surface area contributed by atoms with Gasteiger partial charge >= 0.3 is 0 Å². The summed E-state index contributed by atoms with van der Waals surface area (Å²) in [5, 5.41) is 11.8. The molecule has 64 valence electrons. The third-order valence-corrected chi connectivity index (χ3v) is 2.14. The van der Waals surface area contributed by atoms with Crippen LogP contribution in [0.5, 0.6) is 5.75 Å². The van der Waals surface area contributed by atoms with E-state index in [4.69, 9.17) is 11.6 Å². The number of anilines is 1. The van der Waals surface area contributed by atoms with E-state index in [0.717, 1.165) is 0 Å². The number of rotatable bonds is 2. The van der Waals surface area contributed by atoms with Crippen LogP contribution >= 0.6 is 27.5 Å². The van der Waals surface area contributed by atoms with E-state index in [2.05, 4.69) is 21.2 Å². The Bertz CT molecular complexity index is 293. The van der Waals surface area contributed by atoms with Gasteiger partial charge in [-0.25, -0.2) is 0 Å². The van der Waals surface area contributed by atoms with Crippen LogP contribution in [-0.2, 0) is 4.79 Å². The Hall–Kier alpha value is -0.740. The van der Waals surface area contributed by atoms with Crippen molar-refractivity contribution in [2.24, 2.45) is 0 Å². The zero-order valence-corrected chi connectivity index (χ0v) is 8.19. The maximum atomic E-state index is 10.0. The summed E-state index contributed by atoms with van der Waals surface area (Å²) in [5.41, 5.74) is 0.527. The number of halogens is 2. The van der Waals surface area contributed by atoms with E-state index in [-0.39, 0.29) is 10.8 Å². The average Bonchev–Trinajstić information content (AvgIpc) is 2.01. The van der Waals surface area contributed by atoms with Crippen molar-refractivity contribution < 1.29 is 9.90 Å². The molecule has 12 heavy (non-hydrogen) atoms. The summed E-state index contributed by atoms with van der Waals surface area (Å²) >= 11 is 8.70. The molecule has 1 amide bonds. The molecule has 0 fully saturated rings. The molecule has 0 aliphatic heterocycles. The lowest BCUT2D eigenvalue weighted by atomic mass is 10.3. The molecule has 0 aromatic heterocycles. The molecule has 0 unspecified atom stereocenters. The Kier molecular flexibility index (Phi) is 2.94. The van der Waals surface area contributed by atoms with Crippen molar-refractivity contribution >= 4 is 39.6 Å². The van der Waals surface area contributed by atoms with Gasteiger partial charge in [0.2, 0.25) is 6.41 Å². The first-order valence-corrected chi connectivity index (χ1v) is 4.20. The number of phenols is 1. The summed E-state index contributed by atoms with van der Waals surface area (Å²) in [4.78, 5) is 10.0. The van der Waals surface area contributed by atoms with E-state index in [0.29, 0.717) is 16.6 Å². The van der Waals surface area contributed by atoms with Gasteiger partial charge in [-0.15, -0.1) is 0 Å². The second kappa shape index (κ2) is 3.78. The van der Waals surface area contributed by atoms with Gasteiger partial charge in [0.15, 0.2) is 0 Å². The Labute approximate surface area is 82.5 Å². The predicted octanol–water partition coefficient (Wildman–Crippen LogP) is 2.38. The van der Waals surface area contributed by atoms with E-state index in [9.17, 15) is 9.90 Å². The standard InChI is InChI=1S/C7H5BrClNO2/c8-5-1-4(10-3-11)2-6(9)7(5)12/h1-3,12H,(H,10,11). The number of hydrogen-bond donors (Lipinski definition) is 2. The molecule has 0 saturated carbocycles. The van der Waals surface area contributed by atoms with Gasteiger partial charge in [0.25, 0.3) is 0 Å². The number of amides is 1. The van der Waals surface area contributed by atoms with E-state index in [1.807, 2.05) is 0 Å². The highest BCUT2D eigenvalue weighted by Crippen LogP contribution is 2.34. The van der Waals surface area contributed by atoms with Crippen LogP contribution in [0.1, 0.15) is 0 Å². The highest BCUT2D eigenvalue weighted by molar-refractivity contribution is 9.10. The molecule has 1 aromatic rings. The zero-order chi connectivity index (χ0) is 9.14. The Morgan fingerprint density at radius 2 is 2.25 bits per heavy atom. The highest BCUT2D eigenvalue weighted by Gasteiger charge is 2.04. The van der Waals surface area contributed by atoms with Crippen LogP contribution < -0.4 is 5.32 Å². The largest absolute Gasteiger partial charge is 0.505 e. The number of phenolic OH excluding ortho intramolecular Hbond substituents is 1. The van der Waals surface area contributed by atoms with E-state index in [1.54, 1.807) is 6.07 Å². The lowest BCUT2D eigenvalue weighted by Crippen LogP contribution is -1.93. The van der Waals surface area contributed by atoms with Gasteiger partial charge < -0.3 is 10.4 Å². The number of hydrogen-bond acceptors (Lipinski definition) is 2. The van der Waals surface area contributed by atoms with Crippen LogP contribution in [-0.4, -0.2) is 11.5 Å². The van der Waals surface area contributed by atoms with Crippen molar-refractivity contribution in [1.82, 2.24) is 0 Å². The smallest absolute Gasteiger partial charge is 0.211 e. The number of carbonyl (C=O) groups excluding carboxylic acids is 1. The quantitative estimate of drug-likeness (QED) is 0.625. The zero-order valence-electron chi connectivity index (χ0n) is 5.84. The first-order valence-electron chi connectivity index (χ1n) is 3.03. The summed E-state index contributed by atoms with van der Waals surface area (Å²) < 4.78 is 0.444. The van der Waals surface area contributed by atoms with Gasteiger partial charge in [-0.3, -0.25) is 4.79 Å². The molecule has 2 N–H and O–H groups in total.